The molecule has 0 radical (unpaired) electrons. The summed E-state index contributed by atoms with van der Waals surface area (Å²) >= 11 is 1.91. The van der Waals surface area contributed by atoms with Crippen LogP contribution in [0.2, 0.25) is 0 Å². The fraction of sp³-hybridized carbons (Fsp3) is 0.0714. The van der Waals surface area contributed by atoms with Gasteiger partial charge in [0, 0.05) is 15.7 Å². The average molecular weight is 745 g/mol. The van der Waals surface area contributed by atoms with Crippen LogP contribution in [0.5, 0.6) is 0 Å². The monoisotopic (exact) mass is 744 g/mol. The average Bonchev–Trinajstić information content (AvgIpc) is 3.59. The minimum absolute atomic E-state index is 0.152. The Bertz CT molecular complexity index is 2880. The molecule has 1 unspecified atom stereocenters. The van der Waals surface area contributed by atoms with Crippen LogP contribution in [0.4, 0.5) is 0 Å². The molecule has 0 bridgehead atoms. The largest absolute Gasteiger partial charge is 0.0894 e. The minimum Gasteiger partial charge on any atom is -0.0894 e. The van der Waals surface area contributed by atoms with Crippen molar-refractivity contribution < 1.29 is 0 Å². The Morgan fingerprint density at radius 2 is 0.982 bits per heavy atom. The molecule has 9 aromatic rings. The molecule has 0 amide bonds. The smallest absolute Gasteiger partial charge is 0.0735 e. The lowest BCUT2D eigenvalue weighted by atomic mass is 9.67. The van der Waals surface area contributed by atoms with E-state index in [1.165, 1.54) is 92.9 Å². The van der Waals surface area contributed by atoms with E-state index in [1.807, 2.05) is 11.8 Å². The van der Waals surface area contributed by atoms with Crippen LogP contribution in [-0.4, -0.2) is 0 Å². The minimum atomic E-state index is -0.440. The van der Waals surface area contributed by atoms with E-state index in [0.717, 1.165) is 12.8 Å². The van der Waals surface area contributed by atoms with Crippen LogP contribution in [-0.2, 0) is 11.8 Å². The Labute approximate surface area is 339 Å². The molecule has 2 aliphatic rings. The second-order valence-electron chi connectivity index (χ2n) is 15.4. The normalized spacial score (nSPS) is 13.8. The van der Waals surface area contributed by atoms with Gasteiger partial charge in [-0.3, -0.25) is 0 Å². The van der Waals surface area contributed by atoms with Crippen molar-refractivity contribution in [3.63, 3.8) is 0 Å². The lowest BCUT2D eigenvalue weighted by molar-refractivity contribution is 0.707. The van der Waals surface area contributed by atoms with Crippen LogP contribution < -0.4 is 0 Å². The number of benzene rings is 9. The number of aryl methyl sites for hydroxylation is 1. The van der Waals surface area contributed by atoms with E-state index < -0.39 is 5.41 Å². The maximum atomic E-state index is 2.45. The standard InChI is InChI=1S/C56H40S/c1-3-16-38(17-4-1)39-30-32-43(33-31-39)45(36-34-41-20-7-9-22-44(41)40-18-5-2-6-19-40)47-24-15-27-50-55(47)54-46-23-10-8-21-42(46)35-37-51(54)56(50)48-25-11-13-28-52(48)57-53-29-14-12-26-49(53)56/h1-33,35,37,45H,34,36H2. The summed E-state index contributed by atoms with van der Waals surface area (Å²) in [5, 5.41) is 2.60. The molecule has 1 aliphatic heterocycles. The molecule has 11 rings (SSSR count). The molecule has 0 aromatic heterocycles. The molecular formula is C56H40S. The molecule has 1 spiro atoms. The van der Waals surface area contributed by atoms with Gasteiger partial charge in [-0.15, -0.1) is 0 Å². The maximum Gasteiger partial charge on any atom is 0.0735 e. The molecular weight excluding hydrogens is 705 g/mol. The van der Waals surface area contributed by atoms with E-state index in [1.54, 1.807) is 0 Å². The highest BCUT2D eigenvalue weighted by Gasteiger charge is 2.51. The number of hydrogen-bond acceptors (Lipinski definition) is 1. The highest BCUT2D eigenvalue weighted by Crippen LogP contribution is 2.64. The summed E-state index contributed by atoms with van der Waals surface area (Å²) in [5.74, 6) is 0.152. The van der Waals surface area contributed by atoms with Crippen LogP contribution in [0.1, 0.15) is 51.3 Å². The Hall–Kier alpha value is -6.41. The fourth-order valence-electron chi connectivity index (χ4n) is 10.0. The van der Waals surface area contributed by atoms with Gasteiger partial charge in [-0.05, 0) is 108 Å². The van der Waals surface area contributed by atoms with E-state index >= 15 is 0 Å². The molecule has 57 heavy (non-hydrogen) atoms. The summed E-state index contributed by atoms with van der Waals surface area (Å²) in [4.78, 5) is 2.67. The van der Waals surface area contributed by atoms with E-state index in [2.05, 4.69) is 212 Å². The third kappa shape index (κ3) is 5.45. The third-order valence-electron chi connectivity index (χ3n) is 12.5. The van der Waals surface area contributed by atoms with Crippen LogP contribution >= 0.6 is 11.8 Å². The van der Waals surface area contributed by atoms with Gasteiger partial charge in [-0.2, -0.15) is 0 Å². The molecule has 0 nitrogen and oxygen atoms in total. The van der Waals surface area contributed by atoms with E-state index in [-0.39, 0.29) is 5.92 Å². The van der Waals surface area contributed by atoms with Crippen molar-refractivity contribution in [2.75, 3.05) is 0 Å². The second-order valence-corrected chi connectivity index (χ2v) is 16.5. The predicted molar refractivity (Wildman–Crippen MR) is 239 cm³/mol. The van der Waals surface area contributed by atoms with Gasteiger partial charge in [0.25, 0.3) is 0 Å². The van der Waals surface area contributed by atoms with Crippen molar-refractivity contribution >= 4 is 22.5 Å². The number of fused-ring (bicyclic) bond motifs is 11. The van der Waals surface area contributed by atoms with Gasteiger partial charge >= 0.3 is 0 Å². The first-order valence-electron chi connectivity index (χ1n) is 20.1. The van der Waals surface area contributed by atoms with Crippen molar-refractivity contribution in [3.8, 4) is 33.4 Å². The quantitative estimate of drug-likeness (QED) is 0.157. The summed E-state index contributed by atoms with van der Waals surface area (Å²) in [5.41, 5.74) is 17.1. The highest BCUT2D eigenvalue weighted by molar-refractivity contribution is 7.99. The second kappa shape index (κ2) is 14.0. The summed E-state index contributed by atoms with van der Waals surface area (Å²) < 4.78 is 0. The molecule has 0 saturated carbocycles. The maximum absolute atomic E-state index is 2.45. The SMILES string of the molecule is c1ccc(-c2ccc(C(CCc3ccccc3-c3ccccc3)c3cccc4c3-c3c(ccc5ccccc35)C43c4ccccc4Sc4ccccc43)cc2)cc1. The lowest BCUT2D eigenvalue weighted by Crippen LogP contribution is -2.32. The third-order valence-corrected chi connectivity index (χ3v) is 13.6. The zero-order valence-corrected chi connectivity index (χ0v) is 32.4. The Morgan fingerprint density at radius 1 is 0.404 bits per heavy atom. The van der Waals surface area contributed by atoms with E-state index in [9.17, 15) is 0 Å². The molecule has 9 aromatic carbocycles. The van der Waals surface area contributed by atoms with Crippen molar-refractivity contribution in [2.45, 2.75) is 34.0 Å². The van der Waals surface area contributed by atoms with Gasteiger partial charge in [0.1, 0.15) is 0 Å². The topological polar surface area (TPSA) is 0 Å². The van der Waals surface area contributed by atoms with Gasteiger partial charge < -0.3 is 0 Å². The van der Waals surface area contributed by atoms with Gasteiger partial charge in [-0.25, -0.2) is 0 Å². The Balaban J connectivity index is 1.16. The molecule has 270 valence electrons. The zero-order chi connectivity index (χ0) is 37.8. The van der Waals surface area contributed by atoms with Crippen LogP contribution in [0.3, 0.4) is 0 Å². The summed E-state index contributed by atoms with van der Waals surface area (Å²) in [6, 6.07) is 79.4. The number of hydrogen-bond donors (Lipinski definition) is 0. The molecule has 1 atom stereocenters. The summed E-state index contributed by atoms with van der Waals surface area (Å²) in [6.45, 7) is 0. The summed E-state index contributed by atoms with van der Waals surface area (Å²) in [7, 11) is 0. The van der Waals surface area contributed by atoms with Crippen molar-refractivity contribution in [1.29, 1.82) is 0 Å². The molecule has 1 aliphatic carbocycles. The van der Waals surface area contributed by atoms with Crippen molar-refractivity contribution in [1.82, 2.24) is 0 Å². The first-order chi connectivity index (χ1) is 28.3. The number of rotatable bonds is 7. The van der Waals surface area contributed by atoms with Crippen LogP contribution in [0.25, 0.3) is 44.2 Å². The Morgan fingerprint density at radius 3 is 1.74 bits per heavy atom. The highest BCUT2D eigenvalue weighted by atomic mass is 32.2. The summed E-state index contributed by atoms with van der Waals surface area (Å²) in [6.07, 6.45) is 1.93. The van der Waals surface area contributed by atoms with E-state index in [0.29, 0.717) is 0 Å². The van der Waals surface area contributed by atoms with Gasteiger partial charge in [-0.1, -0.05) is 212 Å². The van der Waals surface area contributed by atoms with Gasteiger partial charge in [0.2, 0.25) is 0 Å². The molecule has 1 heteroatoms. The first-order valence-corrected chi connectivity index (χ1v) is 20.9. The van der Waals surface area contributed by atoms with Crippen LogP contribution in [0.15, 0.2) is 222 Å². The van der Waals surface area contributed by atoms with E-state index in [4.69, 9.17) is 0 Å². The molecule has 0 N–H and O–H groups in total. The Kier molecular flexibility index (Phi) is 8.30. The van der Waals surface area contributed by atoms with Crippen LogP contribution in [0, 0.1) is 0 Å². The molecule has 1 heterocycles. The van der Waals surface area contributed by atoms with Crippen molar-refractivity contribution in [2.24, 2.45) is 0 Å². The van der Waals surface area contributed by atoms with Crippen molar-refractivity contribution in [3.05, 3.63) is 251 Å². The molecule has 0 fully saturated rings. The van der Waals surface area contributed by atoms with Gasteiger partial charge in [0.05, 0.1) is 5.41 Å². The lowest BCUT2D eigenvalue weighted by Gasteiger charge is -2.39. The molecule has 0 saturated heterocycles. The first kappa shape index (κ1) is 33.9. The predicted octanol–water partition coefficient (Wildman–Crippen LogP) is 14.8. The van der Waals surface area contributed by atoms with Gasteiger partial charge in [0.15, 0.2) is 0 Å². The zero-order valence-electron chi connectivity index (χ0n) is 31.6. The fourth-order valence-corrected chi connectivity index (χ4v) is 11.2.